The van der Waals surface area contributed by atoms with Crippen LogP contribution >= 0.6 is 0 Å². The van der Waals surface area contributed by atoms with Crippen LogP contribution in [0.1, 0.15) is 13.3 Å². The standard InChI is InChI=1S/C11H17NO3/c1-3-8(13)7-15-11-5-4-9(14-2)6-10(11)12/h4-6,8,13H,3,7,12H2,1-2H3. The van der Waals surface area contributed by atoms with Gasteiger partial charge in [0.2, 0.25) is 0 Å². The third-order valence-corrected chi connectivity index (χ3v) is 2.12. The lowest BCUT2D eigenvalue weighted by Crippen LogP contribution is -2.16. The van der Waals surface area contributed by atoms with Crippen LogP contribution in [0.3, 0.4) is 0 Å². The molecule has 4 heteroatoms. The fourth-order valence-corrected chi connectivity index (χ4v) is 1.09. The van der Waals surface area contributed by atoms with E-state index in [0.717, 1.165) is 0 Å². The molecule has 0 aliphatic rings. The van der Waals surface area contributed by atoms with Crippen LogP contribution in [0.2, 0.25) is 0 Å². The maximum Gasteiger partial charge on any atom is 0.142 e. The predicted octanol–water partition coefficient (Wildman–Crippen LogP) is 1.43. The van der Waals surface area contributed by atoms with Gasteiger partial charge in [-0.2, -0.15) is 0 Å². The van der Waals surface area contributed by atoms with Gasteiger partial charge in [0.25, 0.3) is 0 Å². The van der Waals surface area contributed by atoms with Crippen molar-refractivity contribution < 1.29 is 14.6 Å². The van der Waals surface area contributed by atoms with Crippen molar-refractivity contribution in [2.45, 2.75) is 19.4 Å². The van der Waals surface area contributed by atoms with Crippen molar-refractivity contribution in [2.75, 3.05) is 19.5 Å². The van der Waals surface area contributed by atoms with Crippen LogP contribution < -0.4 is 15.2 Å². The van der Waals surface area contributed by atoms with E-state index in [1.54, 1.807) is 25.3 Å². The Morgan fingerprint density at radius 1 is 1.47 bits per heavy atom. The van der Waals surface area contributed by atoms with Gasteiger partial charge >= 0.3 is 0 Å². The minimum Gasteiger partial charge on any atom is -0.497 e. The van der Waals surface area contributed by atoms with E-state index in [-0.39, 0.29) is 6.61 Å². The Bertz CT molecular complexity index is 315. The zero-order valence-corrected chi connectivity index (χ0v) is 9.06. The summed E-state index contributed by atoms with van der Waals surface area (Å²) in [6.07, 6.45) is 0.210. The fourth-order valence-electron chi connectivity index (χ4n) is 1.09. The van der Waals surface area contributed by atoms with Crippen molar-refractivity contribution in [2.24, 2.45) is 0 Å². The van der Waals surface area contributed by atoms with E-state index < -0.39 is 6.10 Å². The highest BCUT2D eigenvalue weighted by molar-refractivity contribution is 5.56. The van der Waals surface area contributed by atoms with Gasteiger partial charge in [0.1, 0.15) is 18.1 Å². The molecule has 1 aromatic rings. The monoisotopic (exact) mass is 211 g/mol. The first-order valence-electron chi connectivity index (χ1n) is 4.91. The molecule has 4 nitrogen and oxygen atoms in total. The van der Waals surface area contributed by atoms with E-state index in [0.29, 0.717) is 23.6 Å². The third-order valence-electron chi connectivity index (χ3n) is 2.12. The molecule has 3 N–H and O–H groups in total. The molecule has 0 saturated heterocycles. The van der Waals surface area contributed by atoms with Gasteiger partial charge in [-0.05, 0) is 18.6 Å². The van der Waals surface area contributed by atoms with Gasteiger partial charge in [-0.3, -0.25) is 0 Å². The molecule has 1 aromatic carbocycles. The molecule has 0 fully saturated rings. The molecule has 1 rings (SSSR count). The van der Waals surface area contributed by atoms with Gasteiger partial charge in [-0.25, -0.2) is 0 Å². The number of nitrogens with two attached hydrogens (primary N) is 1. The molecule has 0 aliphatic carbocycles. The van der Waals surface area contributed by atoms with Crippen molar-refractivity contribution in [1.82, 2.24) is 0 Å². The molecular formula is C11H17NO3. The summed E-state index contributed by atoms with van der Waals surface area (Å²) < 4.78 is 10.4. The minimum absolute atomic E-state index is 0.257. The zero-order chi connectivity index (χ0) is 11.3. The first-order chi connectivity index (χ1) is 7.17. The molecule has 0 radical (unpaired) electrons. The summed E-state index contributed by atoms with van der Waals surface area (Å²) in [5.74, 6) is 1.26. The van der Waals surface area contributed by atoms with E-state index in [2.05, 4.69) is 0 Å². The topological polar surface area (TPSA) is 64.7 Å². The maximum atomic E-state index is 9.32. The molecule has 0 spiro atoms. The van der Waals surface area contributed by atoms with Crippen molar-refractivity contribution in [1.29, 1.82) is 0 Å². The quantitative estimate of drug-likeness (QED) is 0.723. The van der Waals surface area contributed by atoms with Crippen LogP contribution in [0.15, 0.2) is 18.2 Å². The number of rotatable bonds is 5. The molecule has 0 amide bonds. The number of anilines is 1. The van der Waals surface area contributed by atoms with Gasteiger partial charge in [0.05, 0.1) is 18.9 Å². The van der Waals surface area contributed by atoms with Gasteiger partial charge in [-0.15, -0.1) is 0 Å². The molecule has 0 aliphatic heterocycles. The fraction of sp³-hybridized carbons (Fsp3) is 0.455. The summed E-state index contributed by atoms with van der Waals surface area (Å²) >= 11 is 0. The SMILES string of the molecule is CCC(O)COc1ccc(OC)cc1N. The average molecular weight is 211 g/mol. The van der Waals surface area contributed by atoms with Crippen LogP contribution in [0, 0.1) is 0 Å². The third kappa shape index (κ3) is 3.32. The van der Waals surface area contributed by atoms with E-state index in [1.807, 2.05) is 6.92 Å². The number of aliphatic hydroxyl groups excluding tert-OH is 1. The number of methoxy groups -OCH3 is 1. The average Bonchev–Trinajstić information content (AvgIpc) is 2.26. The molecule has 0 saturated carbocycles. The Kier molecular flexibility index (Phi) is 4.24. The Balaban J connectivity index is 2.62. The second kappa shape index (κ2) is 5.46. The molecular weight excluding hydrogens is 194 g/mol. The summed E-state index contributed by atoms with van der Waals surface area (Å²) in [4.78, 5) is 0. The van der Waals surface area contributed by atoms with Gasteiger partial charge in [0, 0.05) is 6.07 Å². The van der Waals surface area contributed by atoms with Gasteiger partial charge < -0.3 is 20.3 Å². The second-order valence-corrected chi connectivity index (χ2v) is 3.28. The maximum absolute atomic E-state index is 9.32. The van der Waals surface area contributed by atoms with E-state index in [9.17, 15) is 5.11 Å². The van der Waals surface area contributed by atoms with Gasteiger partial charge in [-0.1, -0.05) is 6.92 Å². The lowest BCUT2D eigenvalue weighted by molar-refractivity contribution is 0.105. The lowest BCUT2D eigenvalue weighted by atomic mass is 10.2. The Morgan fingerprint density at radius 3 is 2.73 bits per heavy atom. The van der Waals surface area contributed by atoms with Crippen molar-refractivity contribution in [3.8, 4) is 11.5 Å². The molecule has 1 atom stereocenters. The van der Waals surface area contributed by atoms with Crippen LogP contribution in [-0.4, -0.2) is 24.9 Å². The summed E-state index contributed by atoms with van der Waals surface area (Å²) in [5, 5.41) is 9.32. The van der Waals surface area contributed by atoms with Crippen LogP contribution in [-0.2, 0) is 0 Å². The van der Waals surface area contributed by atoms with Crippen LogP contribution in [0.25, 0.3) is 0 Å². The smallest absolute Gasteiger partial charge is 0.142 e. The summed E-state index contributed by atoms with van der Waals surface area (Å²) in [7, 11) is 1.58. The normalized spacial score (nSPS) is 12.2. The molecule has 0 bridgehead atoms. The second-order valence-electron chi connectivity index (χ2n) is 3.28. The molecule has 0 heterocycles. The van der Waals surface area contributed by atoms with E-state index in [4.69, 9.17) is 15.2 Å². The summed E-state index contributed by atoms with van der Waals surface area (Å²) in [6, 6.07) is 5.19. The number of aliphatic hydroxyl groups is 1. The van der Waals surface area contributed by atoms with E-state index in [1.165, 1.54) is 0 Å². The highest BCUT2D eigenvalue weighted by atomic mass is 16.5. The number of benzene rings is 1. The van der Waals surface area contributed by atoms with E-state index >= 15 is 0 Å². The largest absolute Gasteiger partial charge is 0.497 e. The number of hydrogen-bond acceptors (Lipinski definition) is 4. The Morgan fingerprint density at radius 2 is 2.20 bits per heavy atom. The Labute approximate surface area is 89.6 Å². The Hall–Kier alpha value is -1.42. The van der Waals surface area contributed by atoms with Crippen LogP contribution in [0.4, 0.5) is 5.69 Å². The molecule has 1 unspecified atom stereocenters. The van der Waals surface area contributed by atoms with Crippen molar-refractivity contribution in [3.63, 3.8) is 0 Å². The number of hydrogen-bond donors (Lipinski definition) is 2. The molecule has 0 aromatic heterocycles. The highest BCUT2D eigenvalue weighted by Crippen LogP contribution is 2.26. The van der Waals surface area contributed by atoms with Crippen molar-refractivity contribution in [3.05, 3.63) is 18.2 Å². The lowest BCUT2D eigenvalue weighted by Gasteiger charge is -2.12. The first-order valence-corrected chi connectivity index (χ1v) is 4.91. The molecule has 15 heavy (non-hydrogen) atoms. The predicted molar refractivity (Wildman–Crippen MR) is 59.2 cm³/mol. The zero-order valence-electron chi connectivity index (χ0n) is 9.06. The summed E-state index contributed by atoms with van der Waals surface area (Å²) in [5.41, 5.74) is 6.25. The van der Waals surface area contributed by atoms with Gasteiger partial charge in [0.15, 0.2) is 0 Å². The number of nitrogen functional groups attached to an aromatic ring is 1. The number of ether oxygens (including phenoxy) is 2. The minimum atomic E-state index is -0.452. The highest BCUT2D eigenvalue weighted by Gasteiger charge is 2.05. The molecule has 84 valence electrons. The van der Waals surface area contributed by atoms with Crippen molar-refractivity contribution >= 4 is 5.69 Å². The first kappa shape index (κ1) is 11.7. The van der Waals surface area contributed by atoms with Crippen LogP contribution in [0.5, 0.6) is 11.5 Å². The summed E-state index contributed by atoms with van der Waals surface area (Å²) in [6.45, 7) is 2.15.